The lowest BCUT2D eigenvalue weighted by atomic mass is 10.3. The van der Waals surface area contributed by atoms with Crippen molar-refractivity contribution in [3.8, 4) is 11.8 Å². The van der Waals surface area contributed by atoms with Gasteiger partial charge < -0.3 is 14.8 Å². The summed E-state index contributed by atoms with van der Waals surface area (Å²) < 4.78 is 4.29. The van der Waals surface area contributed by atoms with Crippen molar-refractivity contribution >= 4 is 11.9 Å². The van der Waals surface area contributed by atoms with Crippen molar-refractivity contribution < 1.29 is 19.4 Å². The van der Waals surface area contributed by atoms with E-state index in [0.29, 0.717) is 5.56 Å². The average Bonchev–Trinajstić information content (AvgIpc) is 2.62. The minimum absolute atomic E-state index is 0.0270. The summed E-state index contributed by atoms with van der Waals surface area (Å²) in [6, 6.07) is 1.33. The molecule has 72 valence electrons. The van der Waals surface area contributed by atoms with Gasteiger partial charge in [0.2, 0.25) is 0 Å². The molecular formula is C9H7NO4. The van der Waals surface area contributed by atoms with Gasteiger partial charge in [-0.3, -0.25) is 0 Å². The van der Waals surface area contributed by atoms with Crippen molar-refractivity contribution in [1.82, 2.24) is 4.98 Å². The Kier molecular flexibility index (Phi) is 2.92. The van der Waals surface area contributed by atoms with Crippen LogP contribution in [0.15, 0.2) is 12.3 Å². The second-order valence-corrected chi connectivity index (χ2v) is 2.35. The Bertz CT molecular complexity index is 422. The molecule has 1 heterocycles. The van der Waals surface area contributed by atoms with Gasteiger partial charge in [-0.2, -0.15) is 0 Å². The molecule has 0 aliphatic heterocycles. The molecule has 0 saturated carbocycles. The monoisotopic (exact) mass is 193 g/mol. The van der Waals surface area contributed by atoms with Gasteiger partial charge in [-0.25, -0.2) is 9.59 Å². The van der Waals surface area contributed by atoms with E-state index in [4.69, 9.17) is 5.11 Å². The molecule has 0 bridgehead atoms. The van der Waals surface area contributed by atoms with Crippen LogP contribution in [0.5, 0.6) is 0 Å². The lowest BCUT2D eigenvalue weighted by Gasteiger charge is -1.83. The number of methoxy groups -OCH3 is 1. The largest absolute Gasteiger partial charge is 0.477 e. The third-order valence-corrected chi connectivity index (χ3v) is 1.41. The SMILES string of the molecule is COC(=O)C#Cc1c[nH]c(C(=O)O)c1. The van der Waals surface area contributed by atoms with Crippen molar-refractivity contribution in [1.29, 1.82) is 0 Å². The second kappa shape index (κ2) is 4.14. The highest BCUT2D eigenvalue weighted by atomic mass is 16.5. The molecule has 0 aromatic carbocycles. The van der Waals surface area contributed by atoms with Crippen LogP contribution >= 0.6 is 0 Å². The first-order valence-electron chi connectivity index (χ1n) is 3.65. The first kappa shape index (κ1) is 9.86. The van der Waals surface area contributed by atoms with Gasteiger partial charge >= 0.3 is 11.9 Å². The van der Waals surface area contributed by atoms with Crippen molar-refractivity contribution in [3.05, 3.63) is 23.5 Å². The van der Waals surface area contributed by atoms with Crippen molar-refractivity contribution in [2.45, 2.75) is 0 Å². The average molecular weight is 193 g/mol. The van der Waals surface area contributed by atoms with E-state index in [1.54, 1.807) is 0 Å². The molecule has 0 fully saturated rings. The standard InChI is InChI=1S/C9H7NO4/c1-14-8(11)3-2-6-4-7(9(12)13)10-5-6/h4-5,10H,1H3,(H,12,13). The fourth-order valence-electron chi connectivity index (χ4n) is 0.764. The van der Waals surface area contributed by atoms with Gasteiger partial charge in [-0.15, -0.1) is 0 Å². The molecular weight excluding hydrogens is 186 g/mol. The number of aromatic carboxylic acids is 1. The molecule has 5 nitrogen and oxygen atoms in total. The Hall–Kier alpha value is -2.22. The fraction of sp³-hybridized carbons (Fsp3) is 0.111. The number of carboxylic acids is 1. The smallest absolute Gasteiger partial charge is 0.384 e. The van der Waals surface area contributed by atoms with Crippen molar-refractivity contribution in [3.63, 3.8) is 0 Å². The quantitative estimate of drug-likeness (QED) is 0.494. The highest BCUT2D eigenvalue weighted by Crippen LogP contribution is 2.01. The number of rotatable bonds is 1. The Labute approximate surface area is 79.7 Å². The molecule has 0 aliphatic carbocycles. The molecule has 0 spiro atoms. The molecule has 0 radical (unpaired) electrons. The molecule has 1 aromatic heterocycles. The predicted molar refractivity (Wildman–Crippen MR) is 46.6 cm³/mol. The topological polar surface area (TPSA) is 79.4 Å². The number of carbonyl (C=O) groups is 2. The van der Waals surface area contributed by atoms with E-state index in [1.807, 2.05) is 0 Å². The van der Waals surface area contributed by atoms with Crippen LogP contribution in [0.3, 0.4) is 0 Å². The Morgan fingerprint density at radius 2 is 2.29 bits per heavy atom. The molecule has 0 aliphatic rings. The molecule has 1 aromatic rings. The van der Waals surface area contributed by atoms with Gasteiger partial charge in [0, 0.05) is 17.7 Å². The van der Waals surface area contributed by atoms with E-state index in [0.717, 1.165) is 0 Å². The van der Waals surface area contributed by atoms with Gasteiger partial charge in [-0.1, -0.05) is 5.92 Å². The predicted octanol–water partition coefficient (Wildman–Crippen LogP) is 0.237. The first-order chi connectivity index (χ1) is 6.63. The van der Waals surface area contributed by atoms with E-state index in [-0.39, 0.29) is 5.69 Å². The Balaban J connectivity index is 2.81. The van der Waals surface area contributed by atoms with Gasteiger partial charge in [0.05, 0.1) is 7.11 Å². The number of aromatic amines is 1. The van der Waals surface area contributed by atoms with Gasteiger partial charge in [0.15, 0.2) is 0 Å². The lowest BCUT2D eigenvalue weighted by Crippen LogP contribution is -1.95. The third-order valence-electron chi connectivity index (χ3n) is 1.41. The number of H-pyrrole nitrogens is 1. The van der Waals surface area contributed by atoms with Crippen LogP contribution in [-0.2, 0) is 9.53 Å². The number of esters is 1. The Morgan fingerprint density at radius 1 is 1.57 bits per heavy atom. The van der Waals surface area contributed by atoms with Crippen LogP contribution < -0.4 is 0 Å². The third kappa shape index (κ3) is 2.38. The van der Waals surface area contributed by atoms with Crippen molar-refractivity contribution in [2.75, 3.05) is 7.11 Å². The number of ether oxygens (including phenoxy) is 1. The second-order valence-electron chi connectivity index (χ2n) is 2.35. The highest BCUT2D eigenvalue weighted by molar-refractivity contribution is 5.89. The van der Waals surface area contributed by atoms with E-state index in [1.165, 1.54) is 19.4 Å². The molecule has 0 amide bonds. The maximum atomic E-state index is 10.6. The van der Waals surface area contributed by atoms with E-state index < -0.39 is 11.9 Å². The normalized spacial score (nSPS) is 8.64. The number of carbonyl (C=O) groups excluding carboxylic acids is 1. The summed E-state index contributed by atoms with van der Waals surface area (Å²) in [4.78, 5) is 23.5. The number of aromatic nitrogens is 1. The summed E-state index contributed by atoms with van der Waals surface area (Å²) in [6.45, 7) is 0. The molecule has 0 unspecified atom stereocenters. The summed E-state index contributed by atoms with van der Waals surface area (Å²) in [5.74, 6) is 2.89. The molecule has 5 heteroatoms. The fourth-order valence-corrected chi connectivity index (χ4v) is 0.764. The summed E-state index contributed by atoms with van der Waals surface area (Å²) in [6.07, 6.45) is 1.40. The maximum absolute atomic E-state index is 10.6. The highest BCUT2D eigenvalue weighted by Gasteiger charge is 2.03. The van der Waals surface area contributed by atoms with Crippen LogP contribution in [0, 0.1) is 11.8 Å². The summed E-state index contributed by atoms with van der Waals surface area (Å²) >= 11 is 0. The molecule has 0 atom stereocenters. The molecule has 1 rings (SSSR count). The summed E-state index contributed by atoms with van der Waals surface area (Å²) in [7, 11) is 1.22. The van der Waals surface area contributed by atoms with Crippen LogP contribution in [0.2, 0.25) is 0 Å². The Morgan fingerprint density at radius 3 is 2.79 bits per heavy atom. The first-order valence-corrected chi connectivity index (χ1v) is 3.65. The maximum Gasteiger partial charge on any atom is 0.384 e. The zero-order chi connectivity index (χ0) is 10.6. The van der Waals surface area contributed by atoms with Crippen molar-refractivity contribution in [2.24, 2.45) is 0 Å². The summed E-state index contributed by atoms with van der Waals surface area (Å²) in [5, 5.41) is 8.55. The lowest BCUT2D eigenvalue weighted by molar-refractivity contribution is -0.133. The van der Waals surface area contributed by atoms with Crippen LogP contribution in [-0.4, -0.2) is 29.1 Å². The van der Waals surface area contributed by atoms with Gasteiger partial charge in [0.1, 0.15) is 5.69 Å². The zero-order valence-electron chi connectivity index (χ0n) is 7.33. The van der Waals surface area contributed by atoms with Crippen LogP contribution in [0.1, 0.15) is 16.1 Å². The number of hydrogen-bond donors (Lipinski definition) is 2. The van der Waals surface area contributed by atoms with E-state index >= 15 is 0 Å². The van der Waals surface area contributed by atoms with E-state index in [9.17, 15) is 9.59 Å². The minimum Gasteiger partial charge on any atom is -0.477 e. The molecule has 0 saturated heterocycles. The zero-order valence-corrected chi connectivity index (χ0v) is 7.33. The van der Waals surface area contributed by atoms with Crippen LogP contribution in [0.25, 0.3) is 0 Å². The molecule has 2 N–H and O–H groups in total. The number of carboxylic acid groups (broad SMARTS) is 1. The minimum atomic E-state index is -1.07. The number of nitrogens with one attached hydrogen (secondary N) is 1. The van der Waals surface area contributed by atoms with Crippen LogP contribution in [0.4, 0.5) is 0 Å². The molecule has 14 heavy (non-hydrogen) atoms. The van der Waals surface area contributed by atoms with E-state index in [2.05, 4.69) is 21.6 Å². The number of hydrogen-bond acceptors (Lipinski definition) is 3. The summed E-state index contributed by atoms with van der Waals surface area (Å²) in [5.41, 5.74) is 0.451. The van der Waals surface area contributed by atoms with Gasteiger partial charge in [-0.05, 0) is 6.07 Å². The van der Waals surface area contributed by atoms with Gasteiger partial charge in [0.25, 0.3) is 0 Å².